The van der Waals surface area contributed by atoms with Crippen molar-refractivity contribution < 1.29 is 8.78 Å². The van der Waals surface area contributed by atoms with E-state index in [2.05, 4.69) is 10.2 Å². The van der Waals surface area contributed by atoms with E-state index >= 15 is 0 Å². The minimum absolute atomic E-state index is 0.155. The largest absolute Gasteiger partial charge is 0.266 e. The van der Waals surface area contributed by atoms with Gasteiger partial charge in [0.15, 0.2) is 10.6 Å². The number of halogens is 2. The number of aryl methyl sites for hydroxylation is 2. The topological polar surface area (TPSA) is 33.6 Å². The van der Waals surface area contributed by atoms with Crippen LogP contribution in [-0.4, -0.2) is 14.8 Å². The van der Waals surface area contributed by atoms with Crippen molar-refractivity contribution in [3.05, 3.63) is 39.9 Å². The molecular weight excluding hydrogens is 256 g/mol. The van der Waals surface area contributed by atoms with Crippen molar-refractivity contribution in [1.82, 2.24) is 14.8 Å². The number of hydrogen-bond acceptors (Lipinski definition) is 2. The monoisotopic (exact) mass is 269 g/mol. The highest BCUT2D eigenvalue weighted by atomic mass is 32.1. The molecule has 0 aliphatic carbocycles. The van der Waals surface area contributed by atoms with Crippen LogP contribution in [0.2, 0.25) is 0 Å². The summed E-state index contributed by atoms with van der Waals surface area (Å²) in [7, 11) is 0. The fraction of sp³-hybridized carbons (Fsp3) is 0.333. The Bertz CT molecular complexity index is 631. The summed E-state index contributed by atoms with van der Waals surface area (Å²) >= 11 is 5.04. The average Bonchev–Trinajstić information content (AvgIpc) is 2.68. The van der Waals surface area contributed by atoms with Crippen LogP contribution < -0.4 is 0 Å². The van der Waals surface area contributed by atoms with E-state index in [1.807, 2.05) is 6.92 Å². The number of benzene rings is 1. The molecular formula is C12H13F2N3S. The van der Waals surface area contributed by atoms with Gasteiger partial charge in [0.05, 0.1) is 0 Å². The zero-order valence-corrected chi connectivity index (χ0v) is 10.9. The summed E-state index contributed by atoms with van der Waals surface area (Å²) in [4.78, 5) is 0. The van der Waals surface area contributed by atoms with E-state index in [1.165, 1.54) is 16.7 Å². The van der Waals surface area contributed by atoms with Gasteiger partial charge >= 0.3 is 0 Å². The van der Waals surface area contributed by atoms with Crippen LogP contribution in [0.5, 0.6) is 0 Å². The third kappa shape index (κ3) is 2.08. The summed E-state index contributed by atoms with van der Waals surface area (Å²) in [5.74, 6) is -0.719. The summed E-state index contributed by atoms with van der Waals surface area (Å²) in [6, 6.07) is 2.63. The molecule has 0 saturated heterocycles. The Kier molecular flexibility index (Phi) is 3.56. The van der Waals surface area contributed by atoms with Crippen LogP contribution in [0, 0.1) is 23.3 Å². The fourth-order valence-corrected chi connectivity index (χ4v) is 2.04. The van der Waals surface area contributed by atoms with Crippen LogP contribution in [0.1, 0.15) is 24.7 Å². The van der Waals surface area contributed by atoms with Gasteiger partial charge in [0, 0.05) is 6.42 Å². The molecule has 0 radical (unpaired) electrons. The molecule has 0 spiro atoms. The summed E-state index contributed by atoms with van der Waals surface area (Å²) in [6.07, 6.45) is 1.41. The van der Waals surface area contributed by atoms with Gasteiger partial charge in [-0.25, -0.2) is 8.78 Å². The number of nitrogens with zero attached hydrogens (tertiary/aromatic N) is 2. The SMILES string of the molecule is CCCc1n[nH]c(=S)n1-c1c(F)ccc(C)c1F. The first-order valence-corrected chi connectivity index (χ1v) is 6.08. The molecule has 2 aromatic rings. The van der Waals surface area contributed by atoms with E-state index in [9.17, 15) is 8.78 Å². The van der Waals surface area contributed by atoms with Crippen molar-refractivity contribution in [3.63, 3.8) is 0 Å². The van der Waals surface area contributed by atoms with Gasteiger partial charge in [-0.2, -0.15) is 5.10 Å². The van der Waals surface area contributed by atoms with Crippen molar-refractivity contribution in [1.29, 1.82) is 0 Å². The molecule has 0 atom stereocenters. The number of H-pyrrole nitrogens is 1. The second-order valence-electron chi connectivity index (χ2n) is 4.06. The minimum atomic E-state index is -0.645. The molecule has 0 aliphatic rings. The number of aromatic nitrogens is 3. The second kappa shape index (κ2) is 4.97. The molecule has 0 unspecified atom stereocenters. The molecule has 2 rings (SSSR count). The molecule has 1 heterocycles. The van der Waals surface area contributed by atoms with Crippen LogP contribution in [0.3, 0.4) is 0 Å². The second-order valence-corrected chi connectivity index (χ2v) is 4.44. The normalized spacial score (nSPS) is 10.9. The van der Waals surface area contributed by atoms with Gasteiger partial charge in [0.25, 0.3) is 0 Å². The van der Waals surface area contributed by atoms with Crippen LogP contribution in [0.15, 0.2) is 12.1 Å². The van der Waals surface area contributed by atoms with E-state index in [-0.39, 0.29) is 10.5 Å². The molecule has 18 heavy (non-hydrogen) atoms. The first-order chi connectivity index (χ1) is 8.56. The lowest BCUT2D eigenvalue weighted by Gasteiger charge is -2.10. The zero-order chi connectivity index (χ0) is 13.3. The summed E-state index contributed by atoms with van der Waals surface area (Å²) < 4.78 is 29.4. The average molecular weight is 269 g/mol. The van der Waals surface area contributed by atoms with Gasteiger partial charge in [-0.1, -0.05) is 13.0 Å². The third-order valence-electron chi connectivity index (χ3n) is 2.70. The fourth-order valence-electron chi connectivity index (χ4n) is 1.80. The van der Waals surface area contributed by atoms with E-state index in [4.69, 9.17) is 12.2 Å². The van der Waals surface area contributed by atoms with E-state index in [0.29, 0.717) is 17.8 Å². The summed E-state index contributed by atoms with van der Waals surface area (Å²) in [6.45, 7) is 3.55. The number of hydrogen-bond donors (Lipinski definition) is 1. The van der Waals surface area contributed by atoms with Gasteiger partial charge in [-0.3, -0.25) is 9.67 Å². The highest BCUT2D eigenvalue weighted by Gasteiger charge is 2.17. The van der Waals surface area contributed by atoms with E-state index < -0.39 is 11.6 Å². The first kappa shape index (κ1) is 12.9. The first-order valence-electron chi connectivity index (χ1n) is 5.67. The quantitative estimate of drug-likeness (QED) is 0.866. The van der Waals surface area contributed by atoms with E-state index in [1.54, 1.807) is 6.92 Å². The van der Waals surface area contributed by atoms with Crippen molar-refractivity contribution in [3.8, 4) is 5.69 Å². The highest BCUT2D eigenvalue weighted by Crippen LogP contribution is 2.22. The van der Waals surface area contributed by atoms with Crippen LogP contribution in [0.25, 0.3) is 5.69 Å². The van der Waals surface area contributed by atoms with Gasteiger partial charge in [-0.15, -0.1) is 0 Å². The predicted octanol–water partition coefficient (Wildman–Crippen LogP) is 3.47. The molecule has 0 fully saturated rings. The number of nitrogens with one attached hydrogen (secondary N) is 1. The standard InChI is InChI=1S/C12H13F2N3S/c1-3-4-9-15-16-12(18)17(9)11-8(13)6-5-7(2)10(11)14/h5-6H,3-4H2,1-2H3,(H,16,18). The maximum atomic E-state index is 14.1. The van der Waals surface area contributed by atoms with Crippen molar-refractivity contribution in [2.24, 2.45) is 0 Å². The Morgan fingerprint density at radius 2 is 2.11 bits per heavy atom. The molecule has 0 amide bonds. The molecule has 96 valence electrons. The molecule has 0 aliphatic heterocycles. The highest BCUT2D eigenvalue weighted by molar-refractivity contribution is 7.71. The predicted molar refractivity (Wildman–Crippen MR) is 67.4 cm³/mol. The van der Waals surface area contributed by atoms with Crippen molar-refractivity contribution in [2.75, 3.05) is 0 Å². The Hall–Kier alpha value is -1.56. The van der Waals surface area contributed by atoms with Gasteiger partial charge in [0.2, 0.25) is 0 Å². The molecule has 0 bridgehead atoms. The lowest BCUT2D eigenvalue weighted by Crippen LogP contribution is -2.07. The molecule has 1 aromatic carbocycles. The lowest BCUT2D eigenvalue weighted by molar-refractivity contribution is 0.558. The zero-order valence-electron chi connectivity index (χ0n) is 10.1. The Morgan fingerprint density at radius 1 is 1.39 bits per heavy atom. The smallest absolute Gasteiger partial charge is 0.200 e. The van der Waals surface area contributed by atoms with Crippen LogP contribution in [0.4, 0.5) is 8.78 Å². The Morgan fingerprint density at radius 3 is 2.78 bits per heavy atom. The Balaban J connectivity index is 2.73. The summed E-state index contributed by atoms with van der Waals surface area (Å²) in [5, 5.41) is 6.58. The molecule has 6 heteroatoms. The number of rotatable bonds is 3. The molecule has 1 N–H and O–H groups in total. The lowest BCUT2D eigenvalue weighted by atomic mass is 10.2. The Labute approximate surface area is 108 Å². The molecule has 3 nitrogen and oxygen atoms in total. The van der Waals surface area contributed by atoms with Crippen LogP contribution in [-0.2, 0) is 6.42 Å². The van der Waals surface area contributed by atoms with Crippen molar-refractivity contribution in [2.45, 2.75) is 26.7 Å². The van der Waals surface area contributed by atoms with Gasteiger partial charge in [-0.05, 0) is 37.2 Å². The molecule has 1 aromatic heterocycles. The maximum Gasteiger partial charge on any atom is 0.200 e. The van der Waals surface area contributed by atoms with Gasteiger partial charge < -0.3 is 0 Å². The van der Waals surface area contributed by atoms with Crippen LogP contribution >= 0.6 is 12.2 Å². The maximum absolute atomic E-state index is 14.1. The number of aromatic amines is 1. The van der Waals surface area contributed by atoms with E-state index in [0.717, 1.165) is 6.42 Å². The summed E-state index contributed by atoms with van der Waals surface area (Å²) in [5.41, 5.74) is 0.217. The van der Waals surface area contributed by atoms with Gasteiger partial charge in [0.1, 0.15) is 17.3 Å². The van der Waals surface area contributed by atoms with Crippen molar-refractivity contribution >= 4 is 12.2 Å². The minimum Gasteiger partial charge on any atom is -0.266 e. The third-order valence-corrected chi connectivity index (χ3v) is 2.97. The molecule has 0 saturated carbocycles.